The van der Waals surface area contributed by atoms with Crippen molar-refractivity contribution in [1.82, 2.24) is 14.5 Å². The highest BCUT2D eigenvalue weighted by Gasteiger charge is 2.30. The Hall–Kier alpha value is -3.51. The predicted molar refractivity (Wildman–Crippen MR) is 113 cm³/mol. The van der Waals surface area contributed by atoms with Crippen molar-refractivity contribution in [2.24, 2.45) is 0 Å². The minimum Gasteiger partial charge on any atom is -0.465 e. The van der Waals surface area contributed by atoms with Crippen LogP contribution in [0.25, 0.3) is 0 Å². The van der Waals surface area contributed by atoms with Gasteiger partial charge in [0.15, 0.2) is 0 Å². The van der Waals surface area contributed by atoms with E-state index < -0.39 is 20.9 Å². The Bertz CT molecular complexity index is 1110. The molecule has 0 atom stereocenters. The van der Waals surface area contributed by atoms with Crippen LogP contribution >= 0.6 is 0 Å². The van der Waals surface area contributed by atoms with Gasteiger partial charge in [0.1, 0.15) is 0 Å². The molecule has 11 nitrogen and oxygen atoms in total. The summed E-state index contributed by atoms with van der Waals surface area (Å²) in [7, 11) is -2.61. The summed E-state index contributed by atoms with van der Waals surface area (Å²) >= 11 is 0. The van der Waals surface area contributed by atoms with Crippen molar-refractivity contribution in [1.29, 1.82) is 0 Å². The molecule has 1 aliphatic rings. The first kappa shape index (κ1) is 23.2. The Morgan fingerprint density at radius 1 is 1.09 bits per heavy atom. The van der Waals surface area contributed by atoms with E-state index in [-0.39, 0.29) is 49.3 Å². The van der Waals surface area contributed by atoms with Gasteiger partial charge in [-0.3, -0.25) is 10.1 Å². The van der Waals surface area contributed by atoms with E-state index in [9.17, 15) is 28.1 Å². The summed E-state index contributed by atoms with van der Waals surface area (Å²) in [6.45, 7) is 0.758. The summed E-state index contributed by atoms with van der Waals surface area (Å²) < 4.78 is 31.4. The second-order valence-corrected chi connectivity index (χ2v) is 8.93. The van der Waals surface area contributed by atoms with Crippen LogP contribution in [-0.4, -0.2) is 67.8 Å². The first-order chi connectivity index (χ1) is 15.2. The SMILES string of the molecule is COC(=O)c1ccc(CNC(=O)N2CCN(S(=O)(=O)c3cccc([N+](=O)[O-])c3)CC2)cc1. The molecule has 1 heterocycles. The van der Waals surface area contributed by atoms with Crippen LogP contribution < -0.4 is 5.32 Å². The van der Waals surface area contributed by atoms with Crippen LogP contribution in [0.3, 0.4) is 0 Å². The van der Waals surface area contributed by atoms with E-state index >= 15 is 0 Å². The number of piperazine rings is 1. The van der Waals surface area contributed by atoms with Crippen molar-refractivity contribution >= 4 is 27.7 Å². The summed E-state index contributed by atoms with van der Waals surface area (Å²) in [6.07, 6.45) is 0. The van der Waals surface area contributed by atoms with Crippen LogP contribution in [0.5, 0.6) is 0 Å². The lowest BCUT2D eigenvalue weighted by atomic mass is 10.1. The van der Waals surface area contributed by atoms with E-state index in [2.05, 4.69) is 10.1 Å². The van der Waals surface area contributed by atoms with Crippen molar-refractivity contribution in [3.05, 3.63) is 69.8 Å². The smallest absolute Gasteiger partial charge is 0.337 e. The molecule has 170 valence electrons. The number of nitro benzene ring substituents is 1. The number of carbonyl (C=O) groups is 2. The molecule has 0 aromatic heterocycles. The molecule has 1 saturated heterocycles. The minimum atomic E-state index is -3.90. The van der Waals surface area contributed by atoms with E-state index in [1.807, 2.05) is 0 Å². The molecule has 1 aliphatic heterocycles. The number of nitro groups is 1. The lowest BCUT2D eigenvalue weighted by Gasteiger charge is -2.34. The first-order valence-electron chi connectivity index (χ1n) is 9.67. The van der Waals surface area contributed by atoms with Gasteiger partial charge in [-0.15, -0.1) is 0 Å². The number of hydrogen-bond acceptors (Lipinski definition) is 7. The van der Waals surface area contributed by atoms with Crippen LogP contribution in [0.1, 0.15) is 15.9 Å². The standard InChI is InChI=1S/C20H22N4O7S/c1-31-19(25)16-7-5-15(6-8-16)14-21-20(26)22-9-11-23(12-10-22)32(29,30)18-4-2-3-17(13-18)24(27)28/h2-8,13H,9-12,14H2,1H3,(H,21,26). The Morgan fingerprint density at radius 2 is 1.75 bits per heavy atom. The number of ether oxygens (including phenoxy) is 1. The van der Waals surface area contributed by atoms with Crippen molar-refractivity contribution in [3.63, 3.8) is 0 Å². The molecule has 0 unspecified atom stereocenters. The van der Waals surface area contributed by atoms with Gasteiger partial charge in [0.25, 0.3) is 5.69 Å². The van der Waals surface area contributed by atoms with Crippen molar-refractivity contribution in [2.45, 2.75) is 11.4 Å². The summed E-state index contributed by atoms with van der Waals surface area (Å²) in [4.78, 5) is 35.5. The molecular weight excluding hydrogens is 440 g/mol. The third-order valence-corrected chi connectivity index (χ3v) is 6.91. The maximum Gasteiger partial charge on any atom is 0.337 e. The average Bonchev–Trinajstić information content (AvgIpc) is 2.82. The Kier molecular flexibility index (Phi) is 7.05. The van der Waals surface area contributed by atoms with Crippen LogP contribution in [0.4, 0.5) is 10.5 Å². The van der Waals surface area contributed by atoms with Crippen molar-refractivity contribution in [3.8, 4) is 0 Å². The molecule has 0 radical (unpaired) electrons. The molecule has 0 saturated carbocycles. The van der Waals surface area contributed by atoms with Crippen LogP contribution in [-0.2, 0) is 21.3 Å². The van der Waals surface area contributed by atoms with Crippen LogP contribution in [0.2, 0.25) is 0 Å². The number of sulfonamides is 1. The number of esters is 1. The molecule has 2 amide bonds. The van der Waals surface area contributed by atoms with Gasteiger partial charge in [-0.2, -0.15) is 4.31 Å². The number of urea groups is 1. The second kappa shape index (κ2) is 9.75. The third kappa shape index (κ3) is 5.21. The zero-order valence-electron chi connectivity index (χ0n) is 17.3. The van der Waals surface area contributed by atoms with E-state index in [4.69, 9.17) is 0 Å². The second-order valence-electron chi connectivity index (χ2n) is 6.99. The molecule has 0 bridgehead atoms. The first-order valence-corrected chi connectivity index (χ1v) is 11.1. The lowest BCUT2D eigenvalue weighted by molar-refractivity contribution is -0.385. The fourth-order valence-corrected chi connectivity index (χ4v) is 4.67. The quantitative estimate of drug-likeness (QED) is 0.391. The molecule has 3 rings (SSSR count). The van der Waals surface area contributed by atoms with Gasteiger partial charge in [-0.05, 0) is 23.8 Å². The number of amides is 2. The van der Waals surface area contributed by atoms with E-state index in [1.165, 1.54) is 34.5 Å². The van der Waals surface area contributed by atoms with E-state index in [0.29, 0.717) is 5.56 Å². The van der Waals surface area contributed by atoms with Gasteiger partial charge in [0.2, 0.25) is 10.0 Å². The molecule has 1 N–H and O–H groups in total. The Balaban J connectivity index is 1.54. The third-order valence-electron chi connectivity index (χ3n) is 5.01. The maximum absolute atomic E-state index is 12.8. The Labute approximate surface area is 184 Å². The van der Waals surface area contributed by atoms with Gasteiger partial charge in [-0.1, -0.05) is 18.2 Å². The molecule has 32 heavy (non-hydrogen) atoms. The number of rotatable bonds is 6. The van der Waals surface area contributed by atoms with Gasteiger partial charge in [0.05, 0.1) is 22.5 Å². The number of hydrogen-bond donors (Lipinski definition) is 1. The van der Waals surface area contributed by atoms with E-state index in [0.717, 1.165) is 11.6 Å². The molecule has 0 aliphatic carbocycles. The van der Waals surface area contributed by atoms with Crippen molar-refractivity contribution in [2.75, 3.05) is 33.3 Å². The van der Waals surface area contributed by atoms with Crippen LogP contribution in [0.15, 0.2) is 53.4 Å². The largest absolute Gasteiger partial charge is 0.465 e. The monoisotopic (exact) mass is 462 g/mol. The van der Waals surface area contributed by atoms with Gasteiger partial charge in [0, 0.05) is 44.9 Å². The number of non-ortho nitro benzene ring substituents is 1. The number of methoxy groups -OCH3 is 1. The number of nitrogens with zero attached hydrogens (tertiary/aromatic N) is 3. The topological polar surface area (TPSA) is 139 Å². The molecular formula is C20H22N4O7S. The van der Waals surface area contributed by atoms with Crippen LogP contribution in [0, 0.1) is 10.1 Å². The predicted octanol–water partition coefficient (Wildman–Crippen LogP) is 1.60. The van der Waals surface area contributed by atoms with Gasteiger partial charge >= 0.3 is 12.0 Å². The summed E-state index contributed by atoms with van der Waals surface area (Å²) in [5, 5.41) is 13.7. The Morgan fingerprint density at radius 3 is 2.34 bits per heavy atom. The number of carbonyl (C=O) groups excluding carboxylic acids is 2. The average molecular weight is 462 g/mol. The summed E-state index contributed by atoms with van der Waals surface area (Å²) in [5.41, 5.74) is 0.894. The lowest BCUT2D eigenvalue weighted by Crippen LogP contribution is -2.52. The van der Waals surface area contributed by atoms with Gasteiger partial charge in [-0.25, -0.2) is 18.0 Å². The minimum absolute atomic E-state index is 0.0757. The molecule has 0 spiro atoms. The normalized spacial score (nSPS) is 14.6. The molecule has 1 fully saturated rings. The number of nitrogens with one attached hydrogen (secondary N) is 1. The van der Waals surface area contributed by atoms with Crippen molar-refractivity contribution < 1.29 is 27.7 Å². The maximum atomic E-state index is 12.8. The zero-order chi connectivity index (χ0) is 23.3. The molecule has 2 aromatic rings. The van der Waals surface area contributed by atoms with E-state index in [1.54, 1.807) is 24.3 Å². The highest BCUT2D eigenvalue weighted by atomic mass is 32.2. The highest BCUT2D eigenvalue weighted by molar-refractivity contribution is 7.89. The fraction of sp³-hybridized carbons (Fsp3) is 0.300. The zero-order valence-corrected chi connectivity index (χ0v) is 18.1. The summed E-state index contributed by atoms with van der Waals surface area (Å²) in [6, 6.07) is 11.2. The summed E-state index contributed by atoms with van der Waals surface area (Å²) in [5.74, 6) is -0.446. The highest BCUT2D eigenvalue weighted by Crippen LogP contribution is 2.22. The van der Waals surface area contributed by atoms with Gasteiger partial charge < -0.3 is 15.0 Å². The fourth-order valence-electron chi connectivity index (χ4n) is 3.20. The molecule has 2 aromatic carbocycles. The molecule has 12 heteroatoms. The number of benzene rings is 2.